The van der Waals surface area contributed by atoms with Crippen LogP contribution >= 0.6 is 12.4 Å². The van der Waals surface area contributed by atoms with Gasteiger partial charge in [-0.05, 0) is 25.1 Å². The fourth-order valence-electron chi connectivity index (χ4n) is 3.07. The highest BCUT2D eigenvalue weighted by molar-refractivity contribution is 5.85. The Kier molecular flexibility index (Phi) is 5.85. The zero-order chi connectivity index (χ0) is 17.1. The van der Waals surface area contributed by atoms with Crippen molar-refractivity contribution in [2.75, 3.05) is 6.54 Å². The second-order valence-corrected chi connectivity index (χ2v) is 6.21. The molecule has 8 nitrogen and oxygen atoms in total. The molecule has 3 aromatic heterocycles. The highest BCUT2D eigenvalue weighted by atomic mass is 35.5. The summed E-state index contributed by atoms with van der Waals surface area (Å²) in [6, 6.07) is 3.92. The molecule has 1 aliphatic rings. The van der Waals surface area contributed by atoms with Gasteiger partial charge in [0.1, 0.15) is 0 Å². The van der Waals surface area contributed by atoms with E-state index >= 15 is 0 Å². The van der Waals surface area contributed by atoms with E-state index in [2.05, 4.69) is 36.6 Å². The summed E-state index contributed by atoms with van der Waals surface area (Å²) in [5.74, 6) is 0.0107. The van der Waals surface area contributed by atoms with Crippen molar-refractivity contribution in [1.29, 1.82) is 0 Å². The number of halogens is 1. The first-order chi connectivity index (χ1) is 12.3. The van der Waals surface area contributed by atoms with Gasteiger partial charge in [0.15, 0.2) is 5.65 Å². The lowest BCUT2D eigenvalue weighted by Crippen LogP contribution is -2.23. The van der Waals surface area contributed by atoms with Gasteiger partial charge in [-0.15, -0.1) is 12.4 Å². The minimum absolute atomic E-state index is 0. The zero-order valence-electron chi connectivity index (χ0n) is 14.4. The summed E-state index contributed by atoms with van der Waals surface area (Å²) in [7, 11) is 0. The Hall–Kier alpha value is -2.45. The lowest BCUT2D eigenvalue weighted by Gasteiger charge is -2.03. The number of hydrogen-bond acceptors (Lipinski definition) is 5. The van der Waals surface area contributed by atoms with Crippen molar-refractivity contribution >= 4 is 24.0 Å². The van der Waals surface area contributed by atoms with Crippen LogP contribution in [0.2, 0.25) is 0 Å². The molecule has 3 aromatic rings. The number of carbonyl (C=O) groups excluding carboxylic acids is 1. The van der Waals surface area contributed by atoms with Gasteiger partial charge in [-0.1, -0.05) is 0 Å². The molecule has 0 spiro atoms. The van der Waals surface area contributed by atoms with Crippen LogP contribution in [0.3, 0.4) is 0 Å². The molecule has 138 valence electrons. The maximum Gasteiger partial charge on any atom is 0.220 e. The molecule has 0 fully saturated rings. The summed E-state index contributed by atoms with van der Waals surface area (Å²) in [5, 5.41) is 15.1. The van der Waals surface area contributed by atoms with Crippen LogP contribution in [-0.4, -0.2) is 36.8 Å². The number of amides is 1. The number of aryl methyl sites for hydroxylation is 2. The number of carbonyl (C=O) groups is 1. The second kappa shape index (κ2) is 8.29. The highest BCUT2D eigenvalue weighted by Crippen LogP contribution is 2.10. The molecule has 0 aromatic carbocycles. The molecule has 0 saturated heterocycles. The Morgan fingerprint density at radius 2 is 2.31 bits per heavy atom. The first-order valence-corrected chi connectivity index (χ1v) is 8.60. The van der Waals surface area contributed by atoms with Crippen LogP contribution in [0.1, 0.15) is 29.8 Å². The summed E-state index contributed by atoms with van der Waals surface area (Å²) in [6.07, 6.45) is 7.46. The molecule has 9 heteroatoms. The number of aromatic nitrogens is 5. The average Bonchev–Trinajstić information content (AvgIpc) is 3.16. The number of hydrogen-bond donors (Lipinski definition) is 2. The molecule has 4 heterocycles. The summed E-state index contributed by atoms with van der Waals surface area (Å²) in [5.41, 5.74) is 3.86. The topological polar surface area (TPSA) is 89.1 Å². The van der Waals surface area contributed by atoms with Gasteiger partial charge >= 0.3 is 0 Å². The van der Waals surface area contributed by atoms with Crippen molar-refractivity contribution in [3.05, 3.63) is 47.7 Å². The third-order valence-corrected chi connectivity index (χ3v) is 4.38. The molecular formula is C17H22ClN7O. The van der Waals surface area contributed by atoms with E-state index in [9.17, 15) is 4.79 Å². The van der Waals surface area contributed by atoms with Crippen molar-refractivity contribution in [2.24, 2.45) is 0 Å². The Labute approximate surface area is 157 Å². The van der Waals surface area contributed by atoms with Gasteiger partial charge in [-0.25, -0.2) is 9.50 Å². The minimum atomic E-state index is 0. The maximum absolute atomic E-state index is 12.1. The second-order valence-electron chi connectivity index (χ2n) is 6.21. The summed E-state index contributed by atoms with van der Waals surface area (Å²) < 4.78 is 3.76. The smallest absolute Gasteiger partial charge is 0.220 e. The molecule has 0 unspecified atom stereocenters. The van der Waals surface area contributed by atoms with Crippen LogP contribution in [-0.2, 0) is 30.8 Å². The van der Waals surface area contributed by atoms with E-state index in [1.807, 2.05) is 12.3 Å². The molecule has 2 N–H and O–H groups in total. The van der Waals surface area contributed by atoms with Crippen LogP contribution < -0.4 is 10.6 Å². The largest absolute Gasteiger partial charge is 0.352 e. The first kappa shape index (κ1) is 18.3. The van der Waals surface area contributed by atoms with Gasteiger partial charge in [0.05, 0.1) is 17.6 Å². The SMILES string of the molecule is Cl.O=C(CCc1cc2n(n1)CCCNC2)NCc1cnn2cccnc12. The standard InChI is InChI=1S/C17H21N7O.ClH/c25-16(20-10-13-11-21-24-8-2-6-19-17(13)24)4-3-14-9-15-12-18-5-1-7-23(15)22-14;/h2,6,8-9,11,18H,1,3-5,7,10,12H2,(H,20,25);1H. The van der Waals surface area contributed by atoms with Crippen molar-refractivity contribution < 1.29 is 4.79 Å². The van der Waals surface area contributed by atoms with Gasteiger partial charge < -0.3 is 10.6 Å². The fourth-order valence-corrected chi connectivity index (χ4v) is 3.07. The van der Waals surface area contributed by atoms with Gasteiger partial charge in [0.25, 0.3) is 0 Å². The minimum Gasteiger partial charge on any atom is -0.352 e. The van der Waals surface area contributed by atoms with E-state index in [1.54, 1.807) is 16.9 Å². The third kappa shape index (κ3) is 4.03. The normalized spacial score (nSPS) is 13.7. The monoisotopic (exact) mass is 375 g/mol. The Bertz CT molecular complexity index is 865. The maximum atomic E-state index is 12.1. The highest BCUT2D eigenvalue weighted by Gasteiger charge is 2.12. The molecule has 26 heavy (non-hydrogen) atoms. The lowest BCUT2D eigenvalue weighted by molar-refractivity contribution is -0.121. The molecular weight excluding hydrogens is 354 g/mol. The van der Waals surface area contributed by atoms with Crippen LogP contribution in [0.15, 0.2) is 30.7 Å². The van der Waals surface area contributed by atoms with Crippen molar-refractivity contribution in [1.82, 2.24) is 35.0 Å². The van der Waals surface area contributed by atoms with E-state index in [0.717, 1.165) is 43.0 Å². The van der Waals surface area contributed by atoms with E-state index in [1.165, 1.54) is 5.69 Å². The number of nitrogens with zero attached hydrogens (tertiary/aromatic N) is 5. The molecule has 0 saturated carbocycles. The predicted octanol–water partition coefficient (Wildman–Crippen LogP) is 1.09. The van der Waals surface area contributed by atoms with Crippen LogP contribution in [0, 0.1) is 0 Å². The quantitative estimate of drug-likeness (QED) is 0.696. The molecule has 1 aliphatic heterocycles. The van der Waals surface area contributed by atoms with Crippen molar-refractivity contribution in [3.63, 3.8) is 0 Å². The Balaban J connectivity index is 0.00000196. The molecule has 0 bridgehead atoms. The predicted molar refractivity (Wildman–Crippen MR) is 99.0 cm³/mol. The molecule has 1 amide bonds. The van der Waals surface area contributed by atoms with Crippen LogP contribution in [0.5, 0.6) is 0 Å². The van der Waals surface area contributed by atoms with E-state index in [4.69, 9.17) is 0 Å². The zero-order valence-corrected chi connectivity index (χ0v) is 15.2. The van der Waals surface area contributed by atoms with Gasteiger partial charge in [0.2, 0.25) is 5.91 Å². The molecule has 0 atom stereocenters. The lowest BCUT2D eigenvalue weighted by atomic mass is 10.2. The van der Waals surface area contributed by atoms with Crippen molar-refractivity contribution in [3.8, 4) is 0 Å². The molecule has 4 rings (SSSR count). The summed E-state index contributed by atoms with van der Waals surface area (Å²) in [4.78, 5) is 16.4. The number of rotatable bonds is 5. The van der Waals surface area contributed by atoms with Gasteiger partial charge in [-0.2, -0.15) is 10.2 Å². The number of nitrogens with one attached hydrogen (secondary N) is 2. The van der Waals surface area contributed by atoms with Crippen LogP contribution in [0.4, 0.5) is 0 Å². The summed E-state index contributed by atoms with van der Waals surface area (Å²) >= 11 is 0. The fraction of sp³-hybridized carbons (Fsp3) is 0.412. The van der Waals surface area contributed by atoms with E-state index in [0.29, 0.717) is 19.4 Å². The third-order valence-electron chi connectivity index (χ3n) is 4.38. The van der Waals surface area contributed by atoms with Crippen LogP contribution in [0.25, 0.3) is 5.65 Å². The molecule has 0 aliphatic carbocycles. The Morgan fingerprint density at radius 3 is 3.23 bits per heavy atom. The van der Waals surface area contributed by atoms with Gasteiger partial charge in [0, 0.05) is 50.4 Å². The van der Waals surface area contributed by atoms with Crippen molar-refractivity contribution in [2.45, 2.75) is 38.9 Å². The number of fused-ring (bicyclic) bond motifs is 2. The van der Waals surface area contributed by atoms with E-state index in [-0.39, 0.29) is 18.3 Å². The van der Waals surface area contributed by atoms with Gasteiger partial charge in [-0.3, -0.25) is 9.48 Å². The molecule has 0 radical (unpaired) electrons. The Morgan fingerprint density at radius 1 is 1.38 bits per heavy atom. The summed E-state index contributed by atoms with van der Waals surface area (Å²) in [6.45, 7) is 3.25. The van der Waals surface area contributed by atoms with E-state index < -0.39 is 0 Å². The average molecular weight is 376 g/mol. The first-order valence-electron chi connectivity index (χ1n) is 8.60.